The Bertz CT molecular complexity index is 1180. The van der Waals surface area contributed by atoms with Gasteiger partial charge in [-0.05, 0) is 37.6 Å². The Morgan fingerprint density at radius 3 is 2.74 bits per heavy atom. The maximum absolute atomic E-state index is 11.0. The number of imidazole rings is 1. The van der Waals surface area contributed by atoms with Gasteiger partial charge in [0.15, 0.2) is 5.82 Å². The van der Waals surface area contributed by atoms with E-state index in [0.29, 0.717) is 5.82 Å². The Hall–Kier alpha value is -3.50. The van der Waals surface area contributed by atoms with Crippen LogP contribution in [0.15, 0.2) is 48.2 Å². The molecule has 0 amide bonds. The number of allylic oxidation sites excluding steroid dienone is 1. The van der Waals surface area contributed by atoms with Crippen LogP contribution in [0.2, 0.25) is 0 Å². The van der Waals surface area contributed by atoms with Crippen LogP contribution in [0.1, 0.15) is 30.3 Å². The molecule has 0 aliphatic carbocycles. The van der Waals surface area contributed by atoms with Crippen molar-refractivity contribution in [3.05, 3.63) is 59.6 Å². The summed E-state index contributed by atoms with van der Waals surface area (Å²) < 4.78 is 12.7. The zero-order chi connectivity index (χ0) is 22.0. The summed E-state index contributed by atoms with van der Waals surface area (Å²) in [6.07, 6.45) is 1.95. The molecule has 2 aromatic carbocycles. The smallest absolute Gasteiger partial charge is 0.155 e. The van der Waals surface area contributed by atoms with Crippen LogP contribution in [0.4, 0.5) is 0 Å². The predicted molar refractivity (Wildman–Crippen MR) is 119 cm³/mol. The number of nitrogens with zero attached hydrogens (tertiary/aromatic N) is 4. The topological polar surface area (TPSA) is 83.5 Å². The highest BCUT2D eigenvalue weighted by atomic mass is 16.5. The van der Waals surface area contributed by atoms with Gasteiger partial charge in [-0.2, -0.15) is 5.26 Å². The number of para-hydroxylation sites is 2. The van der Waals surface area contributed by atoms with E-state index in [4.69, 9.17) is 9.47 Å². The molecule has 0 bridgehead atoms. The Kier molecular flexibility index (Phi) is 5.83. The molecule has 0 unspecified atom stereocenters. The second-order valence-electron chi connectivity index (χ2n) is 7.65. The number of ether oxygens (including phenoxy) is 2. The number of hydrogen-bond donors (Lipinski definition) is 1. The molecule has 1 saturated heterocycles. The van der Waals surface area contributed by atoms with Crippen LogP contribution in [-0.2, 0) is 7.05 Å². The molecule has 1 aromatic heterocycles. The Morgan fingerprint density at radius 1 is 1.23 bits per heavy atom. The van der Waals surface area contributed by atoms with Crippen molar-refractivity contribution in [3.8, 4) is 17.6 Å². The van der Waals surface area contributed by atoms with E-state index in [9.17, 15) is 10.4 Å². The van der Waals surface area contributed by atoms with Gasteiger partial charge >= 0.3 is 0 Å². The summed E-state index contributed by atoms with van der Waals surface area (Å²) in [5, 5.41) is 20.8. The number of rotatable bonds is 6. The van der Waals surface area contributed by atoms with Crippen LogP contribution in [0.5, 0.6) is 11.5 Å². The van der Waals surface area contributed by atoms with Crippen molar-refractivity contribution >= 4 is 16.6 Å². The first-order valence-electron chi connectivity index (χ1n) is 10.3. The molecule has 2 heterocycles. The summed E-state index contributed by atoms with van der Waals surface area (Å²) in [5.41, 5.74) is 2.96. The van der Waals surface area contributed by atoms with Crippen LogP contribution in [0.25, 0.3) is 16.6 Å². The van der Waals surface area contributed by atoms with Crippen LogP contribution in [-0.4, -0.2) is 46.9 Å². The van der Waals surface area contributed by atoms with Gasteiger partial charge in [-0.25, -0.2) is 4.98 Å². The molecular formula is C24H26N4O3. The van der Waals surface area contributed by atoms with Gasteiger partial charge in [-0.3, -0.25) is 4.90 Å². The Morgan fingerprint density at radius 2 is 2.03 bits per heavy atom. The number of aromatic nitrogens is 2. The molecule has 160 valence electrons. The van der Waals surface area contributed by atoms with Gasteiger partial charge in [0, 0.05) is 24.7 Å². The van der Waals surface area contributed by atoms with Crippen molar-refractivity contribution in [1.82, 2.24) is 14.5 Å². The lowest BCUT2D eigenvalue weighted by atomic mass is 10.0. The van der Waals surface area contributed by atoms with Crippen LogP contribution in [0, 0.1) is 11.3 Å². The summed E-state index contributed by atoms with van der Waals surface area (Å²) in [5.74, 6) is 2.00. The predicted octanol–water partition coefficient (Wildman–Crippen LogP) is 4.22. The standard InChI is InChI=1S/C24H26N4O3/c1-27-21-8-5-4-7-19(21)26-24(27)18(14-25)22(29)15-28-12-6-9-20(28)17-11-10-16(30-2)13-23(17)31-3/h4-5,7-8,10-11,13,20,29H,6,9,12,15H2,1-3H3/b22-18-/t20-/m0/s1. The number of fused-ring (bicyclic) bond motifs is 1. The number of likely N-dealkylation sites (tertiary alicyclic amines) is 1. The van der Waals surface area contributed by atoms with E-state index in [1.165, 1.54) is 0 Å². The number of aliphatic hydroxyl groups excluding tert-OH is 1. The molecule has 1 atom stereocenters. The molecule has 1 aliphatic heterocycles. The van der Waals surface area contributed by atoms with Gasteiger partial charge in [-0.15, -0.1) is 0 Å². The van der Waals surface area contributed by atoms with Crippen molar-refractivity contribution in [1.29, 1.82) is 5.26 Å². The van der Waals surface area contributed by atoms with E-state index in [1.807, 2.05) is 54.1 Å². The van der Waals surface area contributed by atoms with Crippen molar-refractivity contribution < 1.29 is 14.6 Å². The van der Waals surface area contributed by atoms with Gasteiger partial charge in [0.25, 0.3) is 0 Å². The molecule has 0 spiro atoms. The van der Waals surface area contributed by atoms with Gasteiger partial charge in [0.05, 0.1) is 31.8 Å². The van der Waals surface area contributed by atoms with E-state index in [0.717, 1.165) is 47.5 Å². The Labute approximate surface area is 181 Å². The summed E-state index contributed by atoms with van der Waals surface area (Å²) >= 11 is 0. The van der Waals surface area contributed by atoms with Crippen molar-refractivity contribution in [3.63, 3.8) is 0 Å². The van der Waals surface area contributed by atoms with E-state index >= 15 is 0 Å². The quantitative estimate of drug-likeness (QED) is 0.477. The second kappa shape index (κ2) is 8.70. The van der Waals surface area contributed by atoms with Crippen molar-refractivity contribution in [2.75, 3.05) is 27.3 Å². The normalized spacial score (nSPS) is 17.4. The molecule has 4 rings (SSSR count). The van der Waals surface area contributed by atoms with E-state index in [2.05, 4.69) is 16.0 Å². The van der Waals surface area contributed by atoms with Gasteiger partial charge in [0.2, 0.25) is 0 Å². The monoisotopic (exact) mass is 418 g/mol. The zero-order valence-corrected chi connectivity index (χ0v) is 18.0. The fourth-order valence-electron chi connectivity index (χ4n) is 4.35. The molecule has 0 saturated carbocycles. The SMILES string of the molecule is COc1ccc([C@@H]2CCCN2C/C(O)=C(\C#N)c2nc3ccccc3n2C)c(OC)c1. The van der Waals surface area contributed by atoms with Crippen molar-refractivity contribution in [2.45, 2.75) is 18.9 Å². The number of nitriles is 1. The number of aliphatic hydroxyl groups is 1. The molecule has 0 radical (unpaired) electrons. The minimum absolute atomic E-state index is 0.0280. The minimum atomic E-state index is 0.0280. The third-order valence-electron chi connectivity index (χ3n) is 5.93. The fraction of sp³-hybridized carbons (Fsp3) is 0.333. The molecular weight excluding hydrogens is 392 g/mol. The zero-order valence-electron chi connectivity index (χ0n) is 18.0. The number of benzene rings is 2. The largest absolute Gasteiger partial charge is 0.509 e. The number of methoxy groups -OCH3 is 2. The molecule has 1 N–H and O–H groups in total. The summed E-state index contributed by atoms with van der Waals surface area (Å²) in [4.78, 5) is 6.75. The average molecular weight is 418 g/mol. The maximum Gasteiger partial charge on any atom is 0.155 e. The summed E-state index contributed by atoms with van der Waals surface area (Å²) in [6.45, 7) is 1.09. The lowest BCUT2D eigenvalue weighted by Crippen LogP contribution is -2.26. The average Bonchev–Trinajstić information content (AvgIpc) is 3.38. The molecule has 3 aromatic rings. The first-order valence-corrected chi connectivity index (χ1v) is 10.3. The van der Waals surface area contributed by atoms with E-state index < -0.39 is 0 Å². The fourth-order valence-corrected chi connectivity index (χ4v) is 4.35. The molecule has 1 fully saturated rings. The first kappa shape index (κ1) is 20.8. The third-order valence-corrected chi connectivity index (χ3v) is 5.93. The van der Waals surface area contributed by atoms with Gasteiger partial charge in [0.1, 0.15) is 28.9 Å². The molecule has 7 heteroatoms. The molecule has 1 aliphatic rings. The van der Waals surface area contributed by atoms with Crippen LogP contribution >= 0.6 is 0 Å². The van der Waals surface area contributed by atoms with Gasteiger partial charge in [-0.1, -0.05) is 18.2 Å². The molecule has 31 heavy (non-hydrogen) atoms. The minimum Gasteiger partial charge on any atom is -0.509 e. The highest BCUT2D eigenvalue weighted by Crippen LogP contribution is 2.39. The van der Waals surface area contributed by atoms with Crippen LogP contribution in [0.3, 0.4) is 0 Å². The van der Waals surface area contributed by atoms with Crippen molar-refractivity contribution in [2.24, 2.45) is 7.05 Å². The van der Waals surface area contributed by atoms with E-state index in [1.54, 1.807) is 14.2 Å². The Balaban J connectivity index is 1.66. The third kappa shape index (κ3) is 3.82. The summed E-state index contributed by atoms with van der Waals surface area (Å²) in [7, 11) is 5.13. The number of aryl methyl sites for hydroxylation is 1. The highest BCUT2D eigenvalue weighted by Gasteiger charge is 2.30. The maximum atomic E-state index is 11.0. The van der Waals surface area contributed by atoms with Crippen LogP contribution < -0.4 is 9.47 Å². The first-order chi connectivity index (χ1) is 15.1. The lowest BCUT2D eigenvalue weighted by molar-refractivity contribution is 0.233. The van der Waals surface area contributed by atoms with E-state index in [-0.39, 0.29) is 23.9 Å². The lowest BCUT2D eigenvalue weighted by Gasteiger charge is -2.26. The molecule has 7 nitrogen and oxygen atoms in total. The van der Waals surface area contributed by atoms with Gasteiger partial charge < -0.3 is 19.1 Å². The highest BCUT2D eigenvalue weighted by molar-refractivity contribution is 5.83. The second-order valence-corrected chi connectivity index (χ2v) is 7.65. The number of hydrogen-bond acceptors (Lipinski definition) is 6. The summed E-state index contributed by atoms with van der Waals surface area (Å²) in [6, 6.07) is 15.7.